The third-order valence-electron chi connectivity index (χ3n) is 4.01. The van der Waals surface area contributed by atoms with E-state index in [-0.39, 0.29) is 32.7 Å². The van der Waals surface area contributed by atoms with Crippen molar-refractivity contribution >= 4 is 46.4 Å². The second-order valence-corrected chi connectivity index (χ2v) is 6.84. The number of carbonyl (C=O) groups is 2. The van der Waals surface area contributed by atoms with Crippen LogP contribution in [0.2, 0.25) is 10.0 Å². The van der Waals surface area contributed by atoms with Gasteiger partial charge in [0.25, 0.3) is 11.8 Å². The van der Waals surface area contributed by atoms with Crippen LogP contribution in [0, 0.1) is 0 Å². The van der Waals surface area contributed by atoms with Gasteiger partial charge in [0.2, 0.25) is 0 Å². The summed E-state index contributed by atoms with van der Waals surface area (Å²) in [6.07, 6.45) is -3.93. The molecule has 6 nitrogen and oxygen atoms in total. The number of rotatable bonds is 4. The zero-order valence-electron chi connectivity index (χ0n) is 14.4. The highest BCUT2D eigenvalue weighted by Gasteiger charge is 2.45. The highest BCUT2D eigenvalue weighted by Crippen LogP contribution is 2.34. The maximum absolute atomic E-state index is 13.3. The van der Waals surface area contributed by atoms with E-state index in [0.29, 0.717) is 0 Å². The number of alkyl halides is 3. The van der Waals surface area contributed by atoms with Gasteiger partial charge in [-0.2, -0.15) is 13.2 Å². The number of primary amides is 1. The van der Waals surface area contributed by atoms with Crippen molar-refractivity contribution in [2.45, 2.75) is 12.2 Å². The van der Waals surface area contributed by atoms with Gasteiger partial charge >= 0.3 is 6.18 Å². The van der Waals surface area contributed by atoms with Gasteiger partial charge in [-0.3, -0.25) is 14.6 Å². The van der Waals surface area contributed by atoms with Crippen molar-refractivity contribution in [1.29, 1.82) is 0 Å². The first-order valence-corrected chi connectivity index (χ1v) is 8.83. The summed E-state index contributed by atoms with van der Waals surface area (Å²) in [4.78, 5) is 24.4. The van der Waals surface area contributed by atoms with E-state index in [4.69, 9.17) is 28.9 Å². The maximum atomic E-state index is 13.3. The van der Waals surface area contributed by atoms with Crippen molar-refractivity contribution in [3.63, 3.8) is 0 Å². The fourth-order valence-electron chi connectivity index (χ4n) is 2.67. The number of carbonyl (C=O) groups excluding carboxylic acids is 2. The first kappa shape index (κ1) is 21.0. The van der Waals surface area contributed by atoms with Gasteiger partial charge in [0, 0.05) is 5.02 Å². The molecule has 11 heteroatoms. The molecule has 2 aromatic rings. The molecule has 1 aliphatic rings. The average molecular weight is 445 g/mol. The van der Waals surface area contributed by atoms with Crippen LogP contribution in [0.25, 0.3) is 0 Å². The largest absolute Gasteiger partial charge is 0.409 e. The predicted octanol–water partition coefficient (Wildman–Crippen LogP) is 3.87. The lowest BCUT2D eigenvalue weighted by Crippen LogP contribution is -2.45. The molecule has 0 spiro atoms. The lowest BCUT2D eigenvalue weighted by atomic mass is 10.1. The summed E-state index contributed by atoms with van der Waals surface area (Å²) in [5, 5.41) is 3.67. The highest BCUT2D eigenvalue weighted by molar-refractivity contribution is 6.33. The van der Waals surface area contributed by atoms with Crippen molar-refractivity contribution in [2.75, 3.05) is 10.3 Å². The summed E-state index contributed by atoms with van der Waals surface area (Å²) in [7, 11) is 0. The highest BCUT2D eigenvalue weighted by atomic mass is 35.5. The van der Waals surface area contributed by atoms with Crippen LogP contribution in [0.3, 0.4) is 0 Å². The fraction of sp³-hybridized carbons (Fsp3) is 0.111. The van der Waals surface area contributed by atoms with E-state index in [2.05, 4.69) is 10.7 Å². The standard InChI is InChI=1S/C18H13Cl2F3N4O2/c19-9-5-6-12(10(7-9)16(24)28)25-17(29)14-8-15(18(21,22)23)26-27(14)13-4-2-1-3-11(13)20/h1-8,15,26H,(H2,24,28)(H,25,29). The minimum atomic E-state index is -4.65. The van der Waals surface area contributed by atoms with E-state index in [1.54, 1.807) is 12.1 Å². The van der Waals surface area contributed by atoms with Gasteiger partial charge in [0.15, 0.2) is 0 Å². The summed E-state index contributed by atoms with van der Waals surface area (Å²) in [5.41, 5.74) is 7.19. The van der Waals surface area contributed by atoms with Crippen LogP contribution in [0.5, 0.6) is 0 Å². The Kier molecular flexibility index (Phi) is 5.74. The number of nitrogens with one attached hydrogen (secondary N) is 2. The fourth-order valence-corrected chi connectivity index (χ4v) is 3.06. The molecule has 0 radical (unpaired) electrons. The molecule has 0 bridgehead atoms. The van der Waals surface area contributed by atoms with Crippen molar-refractivity contribution in [2.24, 2.45) is 5.73 Å². The van der Waals surface area contributed by atoms with Gasteiger partial charge in [-0.15, -0.1) is 0 Å². The topological polar surface area (TPSA) is 87.5 Å². The van der Waals surface area contributed by atoms with E-state index in [1.807, 2.05) is 0 Å². The number of hydrogen-bond acceptors (Lipinski definition) is 4. The second-order valence-electron chi connectivity index (χ2n) is 6.00. The van der Waals surface area contributed by atoms with Crippen LogP contribution >= 0.6 is 23.2 Å². The molecule has 152 valence electrons. The summed E-state index contributed by atoms with van der Waals surface area (Å²) in [6.45, 7) is 0. The number of hydrogen-bond donors (Lipinski definition) is 3. The monoisotopic (exact) mass is 444 g/mol. The molecular formula is C18H13Cl2F3N4O2. The SMILES string of the molecule is NC(=O)c1cc(Cl)ccc1NC(=O)C1=CC(C(F)(F)F)NN1c1ccccc1Cl. The molecule has 1 heterocycles. The van der Waals surface area contributed by atoms with Crippen molar-refractivity contribution in [3.05, 3.63) is 69.8 Å². The molecule has 1 atom stereocenters. The minimum absolute atomic E-state index is 0.00219. The van der Waals surface area contributed by atoms with E-state index >= 15 is 0 Å². The quantitative estimate of drug-likeness (QED) is 0.667. The van der Waals surface area contributed by atoms with Gasteiger partial charge in [-0.25, -0.2) is 5.43 Å². The van der Waals surface area contributed by atoms with Crippen LogP contribution in [-0.4, -0.2) is 24.0 Å². The molecular weight excluding hydrogens is 432 g/mol. The first-order chi connectivity index (χ1) is 13.6. The number of para-hydroxylation sites is 1. The van der Waals surface area contributed by atoms with Gasteiger partial charge in [0.05, 0.1) is 22.0 Å². The number of nitrogens with two attached hydrogens (primary N) is 1. The molecule has 1 aliphatic heterocycles. The Labute approximate surface area is 173 Å². The van der Waals surface area contributed by atoms with Crippen molar-refractivity contribution < 1.29 is 22.8 Å². The Morgan fingerprint density at radius 1 is 1.14 bits per heavy atom. The van der Waals surface area contributed by atoms with Gasteiger partial charge < -0.3 is 11.1 Å². The third-order valence-corrected chi connectivity index (χ3v) is 4.56. The number of benzene rings is 2. The van der Waals surface area contributed by atoms with Crippen LogP contribution in [0.15, 0.2) is 54.2 Å². The number of hydrazine groups is 1. The number of halogens is 5. The molecule has 29 heavy (non-hydrogen) atoms. The Hall–Kier alpha value is -2.75. The van der Waals surface area contributed by atoms with Crippen LogP contribution in [0.1, 0.15) is 10.4 Å². The maximum Gasteiger partial charge on any atom is 0.409 e. The summed E-state index contributed by atoms with van der Waals surface area (Å²) < 4.78 is 39.8. The molecule has 1 unspecified atom stereocenters. The third kappa shape index (κ3) is 4.47. The number of nitrogens with zero attached hydrogens (tertiary/aromatic N) is 1. The molecule has 4 N–H and O–H groups in total. The molecule has 0 saturated carbocycles. The molecule has 3 rings (SSSR count). The lowest BCUT2D eigenvalue weighted by Gasteiger charge is -2.25. The normalized spacial score (nSPS) is 16.5. The molecule has 2 amide bonds. The lowest BCUT2D eigenvalue weighted by molar-refractivity contribution is -0.142. The zero-order chi connectivity index (χ0) is 21.3. The minimum Gasteiger partial charge on any atom is -0.366 e. The van der Waals surface area contributed by atoms with Crippen molar-refractivity contribution in [3.8, 4) is 0 Å². The van der Waals surface area contributed by atoms with Gasteiger partial charge in [-0.05, 0) is 36.4 Å². The second kappa shape index (κ2) is 7.94. The summed E-state index contributed by atoms with van der Waals surface area (Å²) in [5.74, 6) is -1.77. The van der Waals surface area contributed by atoms with E-state index in [1.165, 1.54) is 30.3 Å². The van der Waals surface area contributed by atoms with Crippen LogP contribution in [0.4, 0.5) is 24.5 Å². The van der Waals surface area contributed by atoms with E-state index in [0.717, 1.165) is 11.1 Å². The Bertz CT molecular complexity index is 1010. The molecule has 0 aromatic heterocycles. The number of anilines is 2. The molecule has 0 fully saturated rings. The molecule has 2 aromatic carbocycles. The smallest absolute Gasteiger partial charge is 0.366 e. The van der Waals surface area contributed by atoms with Crippen LogP contribution < -0.4 is 21.5 Å². The first-order valence-electron chi connectivity index (χ1n) is 8.08. The molecule has 0 saturated heterocycles. The van der Waals surface area contributed by atoms with Crippen LogP contribution in [-0.2, 0) is 4.79 Å². The average Bonchev–Trinajstić information content (AvgIpc) is 3.09. The Balaban J connectivity index is 1.98. The predicted molar refractivity (Wildman–Crippen MR) is 104 cm³/mol. The van der Waals surface area contributed by atoms with Gasteiger partial charge in [0.1, 0.15) is 11.7 Å². The molecule has 0 aliphatic carbocycles. The summed E-state index contributed by atoms with van der Waals surface area (Å²) in [6, 6.07) is 7.93. The Morgan fingerprint density at radius 3 is 2.45 bits per heavy atom. The van der Waals surface area contributed by atoms with E-state index < -0.39 is 24.0 Å². The summed E-state index contributed by atoms with van der Waals surface area (Å²) >= 11 is 11.9. The van der Waals surface area contributed by atoms with Gasteiger partial charge in [-0.1, -0.05) is 35.3 Å². The van der Waals surface area contributed by atoms with Crippen molar-refractivity contribution in [1.82, 2.24) is 5.43 Å². The zero-order valence-corrected chi connectivity index (χ0v) is 15.9. The van der Waals surface area contributed by atoms with E-state index in [9.17, 15) is 22.8 Å². The number of amides is 2. The Morgan fingerprint density at radius 2 is 1.83 bits per heavy atom.